The molecule has 0 aromatic heterocycles. The van der Waals surface area contributed by atoms with Gasteiger partial charge in [-0.05, 0) is 31.1 Å². The summed E-state index contributed by atoms with van der Waals surface area (Å²) in [5, 5.41) is 2.57. The number of nitrogens with one attached hydrogen (secondary N) is 1. The molecule has 7 nitrogen and oxygen atoms in total. The molecule has 156 valence electrons. The fraction of sp³-hybridized carbons (Fsp3) is 0.600. The summed E-state index contributed by atoms with van der Waals surface area (Å²) < 4.78 is 22.4. The first-order chi connectivity index (χ1) is 13.2. The molecule has 1 saturated heterocycles. The summed E-state index contributed by atoms with van der Waals surface area (Å²) in [5.74, 6) is -0.548. The van der Waals surface area contributed by atoms with E-state index in [9.17, 15) is 9.59 Å². The van der Waals surface area contributed by atoms with Crippen LogP contribution in [0.5, 0.6) is 0 Å². The Hall–Kier alpha value is -1.90. The number of cyclic esters (lactones) is 1. The molecule has 0 aliphatic carbocycles. The van der Waals surface area contributed by atoms with Gasteiger partial charge in [0.05, 0.1) is 6.10 Å². The van der Waals surface area contributed by atoms with Gasteiger partial charge in [-0.3, -0.25) is 0 Å². The molecule has 2 rings (SSSR count). The Morgan fingerprint density at radius 3 is 2.43 bits per heavy atom. The highest BCUT2D eigenvalue weighted by Crippen LogP contribution is 2.29. The maximum absolute atomic E-state index is 12.4. The van der Waals surface area contributed by atoms with Crippen molar-refractivity contribution in [3.8, 4) is 0 Å². The van der Waals surface area contributed by atoms with Gasteiger partial charge in [-0.2, -0.15) is 0 Å². The minimum atomic E-state index is -1.94. The third kappa shape index (κ3) is 5.56. The molecule has 4 atom stereocenters. The van der Waals surface area contributed by atoms with E-state index < -0.39 is 38.6 Å². The van der Waals surface area contributed by atoms with E-state index in [1.807, 2.05) is 37.3 Å². The van der Waals surface area contributed by atoms with Crippen LogP contribution >= 0.6 is 0 Å². The largest absolute Gasteiger partial charge is 0.455 e. The molecular weight excluding hydrogens is 378 g/mol. The molecule has 1 amide bonds. The van der Waals surface area contributed by atoms with Crippen LogP contribution in [-0.4, -0.2) is 51.8 Å². The van der Waals surface area contributed by atoms with Gasteiger partial charge in [0.25, 0.3) is 0 Å². The van der Waals surface area contributed by atoms with Crippen molar-refractivity contribution in [3.05, 3.63) is 35.9 Å². The van der Waals surface area contributed by atoms with Gasteiger partial charge in [0.1, 0.15) is 12.7 Å². The van der Waals surface area contributed by atoms with Gasteiger partial charge in [-0.25, -0.2) is 9.59 Å². The molecule has 0 unspecified atom stereocenters. The molecule has 1 heterocycles. The normalized spacial score (nSPS) is 23.4. The number of alkyl carbamates (subject to hydrolysis) is 1. The maximum atomic E-state index is 12.4. The van der Waals surface area contributed by atoms with E-state index >= 15 is 0 Å². The number of carbonyl (C=O) groups is 2. The molecule has 0 bridgehead atoms. The summed E-state index contributed by atoms with van der Waals surface area (Å²) in [6.45, 7) is 10.5. The number of methoxy groups -OCH3 is 1. The lowest BCUT2D eigenvalue weighted by Gasteiger charge is -2.34. The highest BCUT2D eigenvalue weighted by Gasteiger charge is 2.50. The van der Waals surface area contributed by atoms with E-state index in [0.29, 0.717) is 5.54 Å². The van der Waals surface area contributed by atoms with Crippen LogP contribution in [0.2, 0.25) is 18.6 Å². The second kappa shape index (κ2) is 9.53. The molecular formula is C20H31NO6Si. The van der Waals surface area contributed by atoms with Gasteiger partial charge < -0.3 is 24.0 Å². The van der Waals surface area contributed by atoms with Crippen molar-refractivity contribution in [2.75, 3.05) is 7.11 Å². The van der Waals surface area contributed by atoms with Crippen LogP contribution in [0.25, 0.3) is 0 Å². The summed E-state index contributed by atoms with van der Waals surface area (Å²) in [4.78, 5) is 24.5. The molecule has 28 heavy (non-hydrogen) atoms. The Balaban J connectivity index is 1.97. The molecule has 8 heteroatoms. The SMILES string of the molecule is CO[C@H]1[C@H]([C@@H](C)O[Si](C)(C)C(C)C)OC(=O)[C@@H]1NC(=O)OCc1ccccc1. The molecule has 1 aromatic rings. The van der Waals surface area contributed by atoms with Crippen LogP contribution in [0.15, 0.2) is 30.3 Å². The predicted octanol–water partition coefficient (Wildman–Crippen LogP) is 3.24. The van der Waals surface area contributed by atoms with E-state index in [0.717, 1.165) is 5.56 Å². The fourth-order valence-electron chi connectivity index (χ4n) is 2.95. The summed E-state index contributed by atoms with van der Waals surface area (Å²) in [6, 6.07) is 8.37. The molecule has 1 N–H and O–H groups in total. The first kappa shape index (κ1) is 22.4. The van der Waals surface area contributed by atoms with Crippen molar-refractivity contribution in [1.29, 1.82) is 0 Å². The monoisotopic (exact) mass is 409 g/mol. The smallest absolute Gasteiger partial charge is 0.408 e. The van der Waals surface area contributed by atoms with Crippen molar-refractivity contribution in [3.63, 3.8) is 0 Å². The van der Waals surface area contributed by atoms with Crippen molar-refractivity contribution >= 4 is 20.4 Å². The van der Waals surface area contributed by atoms with Gasteiger partial charge in [-0.1, -0.05) is 44.2 Å². The lowest BCUT2D eigenvalue weighted by Crippen LogP contribution is -2.50. The predicted molar refractivity (Wildman–Crippen MR) is 107 cm³/mol. The van der Waals surface area contributed by atoms with Crippen LogP contribution in [0, 0.1) is 0 Å². The number of hydrogen-bond donors (Lipinski definition) is 1. The highest BCUT2D eigenvalue weighted by atomic mass is 28.4. The fourth-order valence-corrected chi connectivity index (χ4v) is 4.31. The van der Waals surface area contributed by atoms with Crippen LogP contribution in [0.3, 0.4) is 0 Å². The Morgan fingerprint density at radius 2 is 1.86 bits per heavy atom. The van der Waals surface area contributed by atoms with Crippen molar-refractivity contribution in [2.24, 2.45) is 0 Å². The van der Waals surface area contributed by atoms with Gasteiger partial charge in [-0.15, -0.1) is 0 Å². The van der Waals surface area contributed by atoms with Gasteiger partial charge in [0.2, 0.25) is 0 Å². The molecule has 1 aliphatic rings. The van der Waals surface area contributed by atoms with Gasteiger partial charge in [0.15, 0.2) is 20.5 Å². The van der Waals surface area contributed by atoms with Crippen molar-refractivity contribution in [2.45, 2.75) is 70.4 Å². The molecule has 0 radical (unpaired) electrons. The summed E-state index contributed by atoms with van der Waals surface area (Å²) in [7, 11) is -0.451. The molecule has 0 spiro atoms. The molecule has 1 aromatic carbocycles. The topological polar surface area (TPSA) is 83.1 Å². The number of esters is 1. The van der Waals surface area contributed by atoms with E-state index in [-0.39, 0.29) is 12.7 Å². The number of benzene rings is 1. The second-order valence-corrected chi connectivity index (χ2v) is 12.5. The highest BCUT2D eigenvalue weighted by molar-refractivity contribution is 6.72. The van der Waals surface area contributed by atoms with E-state index in [1.54, 1.807) is 0 Å². The van der Waals surface area contributed by atoms with Crippen LogP contribution in [0.4, 0.5) is 4.79 Å². The third-order valence-electron chi connectivity index (χ3n) is 5.26. The zero-order chi connectivity index (χ0) is 20.9. The number of rotatable bonds is 8. The quantitative estimate of drug-likeness (QED) is 0.524. The lowest BCUT2D eigenvalue weighted by molar-refractivity contribution is -0.146. The average molecular weight is 410 g/mol. The van der Waals surface area contributed by atoms with Crippen LogP contribution < -0.4 is 5.32 Å². The Kier molecular flexibility index (Phi) is 7.62. The number of ether oxygens (including phenoxy) is 3. The second-order valence-electron chi connectivity index (χ2n) is 7.87. The molecule has 1 aliphatic heterocycles. The van der Waals surface area contributed by atoms with Gasteiger partial charge >= 0.3 is 12.1 Å². The maximum Gasteiger partial charge on any atom is 0.408 e. The first-order valence-corrected chi connectivity index (χ1v) is 12.5. The first-order valence-electron chi connectivity index (χ1n) is 9.54. The summed E-state index contributed by atoms with van der Waals surface area (Å²) >= 11 is 0. The van der Waals surface area contributed by atoms with Crippen molar-refractivity contribution < 1.29 is 28.2 Å². The van der Waals surface area contributed by atoms with E-state index in [2.05, 4.69) is 32.3 Å². The number of amides is 1. The molecule has 1 fully saturated rings. The minimum absolute atomic E-state index is 0.114. The lowest BCUT2D eigenvalue weighted by atomic mass is 10.1. The van der Waals surface area contributed by atoms with E-state index in [4.69, 9.17) is 18.6 Å². The number of hydrogen-bond acceptors (Lipinski definition) is 6. The summed E-state index contributed by atoms with van der Waals surface area (Å²) in [5.41, 5.74) is 1.27. The zero-order valence-electron chi connectivity index (χ0n) is 17.4. The zero-order valence-corrected chi connectivity index (χ0v) is 18.4. The average Bonchev–Trinajstić information content (AvgIpc) is 2.96. The Labute approximate surface area is 167 Å². The van der Waals surface area contributed by atoms with E-state index in [1.165, 1.54) is 7.11 Å². The van der Waals surface area contributed by atoms with Crippen molar-refractivity contribution in [1.82, 2.24) is 5.32 Å². The standard InChI is InChI=1S/C20H31NO6Si/c1-13(2)28(5,6)27-14(3)17-18(24-4)16(19(22)26-17)21-20(23)25-12-15-10-8-7-9-11-15/h7-11,13-14,16-18H,12H2,1-6H3,(H,21,23)/t14-,16-,17+,18-/m1/s1. The van der Waals surface area contributed by atoms with Gasteiger partial charge in [0, 0.05) is 7.11 Å². The number of carbonyl (C=O) groups excluding carboxylic acids is 2. The third-order valence-corrected chi connectivity index (χ3v) is 9.02. The van der Waals surface area contributed by atoms with Crippen LogP contribution in [-0.2, 0) is 30.0 Å². The minimum Gasteiger partial charge on any atom is -0.455 e. The Morgan fingerprint density at radius 1 is 1.21 bits per heavy atom. The Bertz CT molecular complexity index is 666. The molecule has 0 saturated carbocycles. The summed E-state index contributed by atoms with van der Waals surface area (Å²) in [6.07, 6.45) is -2.28. The van der Waals surface area contributed by atoms with Crippen LogP contribution in [0.1, 0.15) is 26.3 Å².